The quantitative estimate of drug-likeness (QED) is 0.231. The molecule has 9 nitrogen and oxygen atoms in total. The molecule has 0 saturated carbocycles. The number of rotatable bonds is 9. The van der Waals surface area contributed by atoms with Crippen LogP contribution in [0.3, 0.4) is 0 Å². The molecule has 212 valence electrons. The second-order valence-corrected chi connectivity index (χ2v) is 10.3. The molecule has 5 rings (SSSR count). The third-order valence-electron chi connectivity index (χ3n) is 7.16. The molecule has 1 unspecified atom stereocenters. The lowest BCUT2D eigenvalue weighted by molar-refractivity contribution is 0.0465. The molecule has 41 heavy (non-hydrogen) atoms. The summed E-state index contributed by atoms with van der Waals surface area (Å²) in [7, 11) is 5.35. The Hall–Kier alpha value is -4.47. The van der Waals surface area contributed by atoms with E-state index >= 15 is 0 Å². The fraction of sp³-hybridized carbons (Fsp3) is 0.281. The number of nitrogens with one attached hydrogen (secondary N) is 1. The first-order valence-electron chi connectivity index (χ1n) is 13.6. The van der Waals surface area contributed by atoms with Gasteiger partial charge in [0.15, 0.2) is 5.88 Å². The second-order valence-electron chi connectivity index (χ2n) is 10.3. The minimum absolute atomic E-state index is 0.0294. The van der Waals surface area contributed by atoms with Gasteiger partial charge in [-0.25, -0.2) is 9.79 Å². The lowest BCUT2D eigenvalue weighted by Crippen LogP contribution is -2.30. The molecule has 0 aliphatic carbocycles. The minimum Gasteiger partial charge on any atom is -0.494 e. The van der Waals surface area contributed by atoms with Crippen LogP contribution in [0.25, 0.3) is 10.9 Å². The molecule has 2 heterocycles. The fourth-order valence-corrected chi connectivity index (χ4v) is 4.97. The van der Waals surface area contributed by atoms with Crippen LogP contribution in [0.5, 0.6) is 5.88 Å². The number of nitrogens with zero attached hydrogens (tertiary/aromatic N) is 3. The summed E-state index contributed by atoms with van der Waals surface area (Å²) in [5.74, 6) is -0.554. The van der Waals surface area contributed by atoms with Gasteiger partial charge in [0.25, 0.3) is 5.91 Å². The van der Waals surface area contributed by atoms with Gasteiger partial charge in [0, 0.05) is 41.7 Å². The summed E-state index contributed by atoms with van der Waals surface area (Å²) in [5, 5.41) is 11.7. The van der Waals surface area contributed by atoms with Crippen LogP contribution in [0.15, 0.2) is 77.8 Å². The van der Waals surface area contributed by atoms with Gasteiger partial charge < -0.3 is 29.4 Å². The van der Waals surface area contributed by atoms with Crippen molar-refractivity contribution >= 4 is 34.2 Å². The first-order chi connectivity index (χ1) is 19.8. The molecule has 2 N–H and O–H groups in total. The van der Waals surface area contributed by atoms with Gasteiger partial charge in [-0.3, -0.25) is 4.79 Å². The number of esters is 1. The molecule has 0 radical (unpaired) electrons. The van der Waals surface area contributed by atoms with Crippen LogP contribution in [0.1, 0.15) is 38.3 Å². The Morgan fingerprint density at radius 1 is 1.02 bits per heavy atom. The van der Waals surface area contributed by atoms with E-state index in [1.54, 1.807) is 42.5 Å². The maximum absolute atomic E-state index is 13.2. The van der Waals surface area contributed by atoms with Gasteiger partial charge in [-0.15, -0.1) is 0 Å². The van der Waals surface area contributed by atoms with Crippen molar-refractivity contribution in [1.29, 1.82) is 0 Å². The van der Waals surface area contributed by atoms with E-state index in [0.29, 0.717) is 58.7 Å². The molecular weight excluding hydrogens is 520 g/mol. The summed E-state index contributed by atoms with van der Waals surface area (Å²) in [6, 6.07) is 21.8. The molecule has 1 aliphatic rings. The second kappa shape index (κ2) is 12.4. The van der Waals surface area contributed by atoms with E-state index in [1.807, 2.05) is 49.3 Å². The Bertz CT molecular complexity index is 1560. The number of aliphatic imine (C=N–C) groups is 1. The van der Waals surface area contributed by atoms with Gasteiger partial charge in [0.1, 0.15) is 0 Å². The van der Waals surface area contributed by atoms with Crippen molar-refractivity contribution in [1.82, 2.24) is 14.8 Å². The van der Waals surface area contributed by atoms with Gasteiger partial charge >= 0.3 is 5.97 Å². The van der Waals surface area contributed by atoms with Gasteiger partial charge in [0.2, 0.25) is 0 Å². The van der Waals surface area contributed by atoms with E-state index in [-0.39, 0.29) is 17.9 Å². The zero-order chi connectivity index (χ0) is 28.9. The number of likely N-dealkylation sites (tertiary alicyclic amines) is 1. The van der Waals surface area contributed by atoms with Crippen LogP contribution < -0.4 is 0 Å². The number of aromatic amines is 1. The van der Waals surface area contributed by atoms with Crippen molar-refractivity contribution < 1.29 is 24.2 Å². The highest BCUT2D eigenvalue weighted by Crippen LogP contribution is 2.32. The van der Waals surface area contributed by atoms with Crippen molar-refractivity contribution in [3.05, 3.63) is 95.1 Å². The SMILES string of the molecule is COC(=O)c1ccc2c(C(=Nc3ccc(C(=O)N4CCC(OCCN(C)C)C4)cc3)c3ccccc3)c(O)[nH]c2c1. The number of ether oxygens (including phenoxy) is 2. The predicted octanol–water partition coefficient (Wildman–Crippen LogP) is 4.62. The first-order valence-corrected chi connectivity index (χ1v) is 13.6. The number of H-pyrrole nitrogens is 1. The van der Waals surface area contributed by atoms with E-state index < -0.39 is 5.97 Å². The zero-order valence-corrected chi connectivity index (χ0v) is 23.5. The number of likely N-dealkylation sites (N-methyl/N-ethyl adjacent to an activating group) is 1. The smallest absolute Gasteiger partial charge is 0.337 e. The number of aromatic hydroxyl groups is 1. The number of methoxy groups -OCH3 is 1. The maximum atomic E-state index is 13.2. The fourth-order valence-electron chi connectivity index (χ4n) is 4.97. The van der Waals surface area contributed by atoms with Crippen LogP contribution in [0.2, 0.25) is 0 Å². The Balaban J connectivity index is 1.41. The number of benzene rings is 3. The Morgan fingerprint density at radius 3 is 2.46 bits per heavy atom. The molecule has 1 aliphatic heterocycles. The highest BCUT2D eigenvalue weighted by atomic mass is 16.5. The lowest BCUT2D eigenvalue weighted by atomic mass is 10.00. The van der Waals surface area contributed by atoms with Gasteiger partial charge in [-0.05, 0) is 56.9 Å². The topological polar surface area (TPSA) is 107 Å². The number of carbonyl (C=O) groups is 2. The van der Waals surface area contributed by atoms with Crippen LogP contribution in [-0.2, 0) is 9.47 Å². The maximum Gasteiger partial charge on any atom is 0.337 e. The normalized spacial score (nSPS) is 15.6. The van der Waals surface area contributed by atoms with E-state index in [1.165, 1.54) is 7.11 Å². The number of aromatic nitrogens is 1. The van der Waals surface area contributed by atoms with E-state index in [0.717, 1.165) is 18.5 Å². The molecule has 3 aromatic carbocycles. The Morgan fingerprint density at radius 2 is 1.76 bits per heavy atom. The summed E-state index contributed by atoms with van der Waals surface area (Å²) in [5.41, 5.74) is 4.04. The molecule has 1 amide bonds. The summed E-state index contributed by atoms with van der Waals surface area (Å²) < 4.78 is 10.8. The van der Waals surface area contributed by atoms with Crippen molar-refractivity contribution in [2.45, 2.75) is 12.5 Å². The molecule has 4 aromatic rings. The summed E-state index contributed by atoms with van der Waals surface area (Å²) in [4.78, 5) is 37.0. The molecule has 1 saturated heterocycles. The molecule has 0 bridgehead atoms. The van der Waals surface area contributed by atoms with Crippen LogP contribution in [-0.4, -0.2) is 91.0 Å². The average molecular weight is 555 g/mol. The first kappa shape index (κ1) is 28.1. The molecule has 1 fully saturated rings. The largest absolute Gasteiger partial charge is 0.494 e. The summed E-state index contributed by atoms with van der Waals surface area (Å²) in [6.07, 6.45) is 0.890. The van der Waals surface area contributed by atoms with Crippen molar-refractivity contribution in [2.75, 3.05) is 47.4 Å². The van der Waals surface area contributed by atoms with Crippen molar-refractivity contribution in [2.24, 2.45) is 4.99 Å². The monoisotopic (exact) mass is 554 g/mol. The number of carbonyl (C=O) groups excluding carboxylic acids is 2. The number of fused-ring (bicyclic) bond motifs is 1. The summed E-state index contributed by atoms with van der Waals surface area (Å²) >= 11 is 0. The van der Waals surface area contributed by atoms with Crippen LogP contribution >= 0.6 is 0 Å². The molecule has 9 heteroatoms. The lowest BCUT2D eigenvalue weighted by Gasteiger charge is -2.17. The van der Waals surface area contributed by atoms with Gasteiger partial charge in [0.05, 0.1) is 42.3 Å². The Labute approximate surface area is 239 Å². The van der Waals surface area contributed by atoms with Crippen molar-refractivity contribution in [3.63, 3.8) is 0 Å². The number of amides is 1. The number of hydrogen-bond donors (Lipinski definition) is 2. The predicted molar refractivity (Wildman–Crippen MR) is 158 cm³/mol. The molecule has 0 spiro atoms. The van der Waals surface area contributed by atoms with Crippen LogP contribution in [0.4, 0.5) is 5.69 Å². The van der Waals surface area contributed by atoms with Crippen molar-refractivity contribution in [3.8, 4) is 5.88 Å². The molecular formula is C32H34N4O5. The molecule has 1 aromatic heterocycles. The Kier molecular flexibility index (Phi) is 8.47. The third-order valence-corrected chi connectivity index (χ3v) is 7.16. The highest BCUT2D eigenvalue weighted by Gasteiger charge is 2.27. The third kappa shape index (κ3) is 6.32. The van der Waals surface area contributed by atoms with E-state index in [4.69, 9.17) is 14.5 Å². The average Bonchev–Trinajstić information content (AvgIpc) is 3.59. The van der Waals surface area contributed by atoms with Gasteiger partial charge in [-0.2, -0.15) is 0 Å². The standard InChI is InChI=1S/C32H34N4O5/c1-35(2)17-18-41-25-15-16-36(20-25)31(38)22-9-12-24(13-10-22)33-29(21-7-5-4-6-8-21)28-26-14-11-23(32(39)40-3)19-27(26)34-30(28)37/h4-14,19,25,34,37H,15-18,20H2,1-3H3. The van der Waals surface area contributed by atoms with Crippen LogP contribution in [0, 0.1) is 0 Å². The van der Waals surface area contributed by atoms with E-state index in [9.17, 15) is 14.7 Å². The zero-order valence-electron chi connectivity index (χ0n) is 23.5. The molecule has 1 atom stereocenters. The van der Waals surface area contributed by atoms with E-state index in [2.05, 4.69) is 9.88 Å². The summed E-state index contributed by atoms with van der Waals surface area (Å²) in [6.45, 7) is 2.75. The minimum atomic E-state index is -0.463. The number of hydrogen-bond acceptors (Lipinski definition) is 7. The highest BCUT2D eigenvalue weighted by molar-refractivity contribution is 6.22. The van der Waals surface area contributed by atoms with Gasteiger partial charge in [-0.1, -0.05) is 36.4 Å².